The lowest BCUT2D eigenvalue weighted by molar-refractivity contribution is 0.0807. The molecule has 0 atom stereocenters. The molecule has 0 fully saturated rings. The summed E-state index contributed by atoms with van der Waals surface area (Å²) in [7, 11) is 0. The number of hydrogen-bond donors (Lipinski definition) is 1. The topological polar surface area (TPSA) is 57.4 Å². The highest BCUT2D eigenvalue weighted by atomic mass is 16.5. The molecule has 1 aromatic rings. The first-order valence-corrected chi connectivity index (χ1v) is 5.11. The van der Waals surface area contributed by atoms with Gasteiger partial charge in [-0.1, -0.05) is 19.9 Å². The van der Waals surface area contributed by atoms with Gasteiger partial charge in [-0.3, -0.25) is 0 Å². The average molecular weight is 210 g/mol. The minimum atomic E-state index is 0.468. The Bertz CT molecular complexity index is 290. The van der Waals surface area contributed by atoms with Crippen molar-refractivity contribution in [2.75, 3.05) is 25.6 Å². The van der Waals surface area contributed by atoms with E-state index in [-0.39, 0.29) is 0 Å². The van der Waals surface area contributed by atoms with Gasteiger partial charge in [0.05, 0.1) is 6.61 Å². The van der Waals surface area contributed by atoms with Crippen LogP contribution in [0.15, 0.2) is 18.2 Å². The van der Waals surface area contributed by atoms with Crippen LogP contribution in [0.3, 0.4) is 0 Å². The lowest BCUT2D eigenvalue weighted by Crippen LogP contribution is -2.10. The molecule has 4 nitrogen and oxygen atoms in total. The van der Waals surface area contributed by atoms with Crippen LogP contribution in [0.2, 0.25) is 0 Å². The molecule has 15 heavy (non-hydrogen) atoms. The zero-order valence-corrected chi connectivity index (χ0v) is 9.27. The summed E-state index contributed by atoms with van der Waals surface area (Å²) in [6.07, 6.45) is 0. The van der Waals surface area contributed by atoms with Gasteiger partial charge in [0.15, 0.2) is 0 Å². The van der Waals surface area contributed by atoms with Crippen molar-refractivity contribution < 1.29 is 9.47 Å². The second-order valence-corrected chi connectivity index (χ2v) is 3.72. The minimum absolute atomic E-state index is 0.468. The summed E-state index contributed by atoms with van der Waals surface area (Å²) in [4.78, 5) is 4.01. The van der Waals surface area contributed by atoms with Gasteiger partial charge in [0, 0.05) is 12.7 Å². The van der Waals surface area contributed by atoms with Gasteiger partial charge in [-0.15, -0.1) is 0 Å². The van der Waals surface area contributed by atoms with Crippen LogP contribution in [-0.4, -0.2) is 24.8 Å². The summed E-state index contributed by atoms with van der Waals surface area (Å²) in [6, 6.07) is 5.31. The molecule has 0 spiro atoms. The number of rotatable bonds is 6. The molecule has 0 aliphatic carbocycles. The Morgan fingerprint density at radius 1 is 1.33 bits per heavy atom. The highest BCUT2D eigenvalue weighted by Gasteiger charge is 1.97. The van der Waals surface area contributed by atoms with E-state index in [4.69, 9.17) is 15.2 Å². The number of aromatic nitrogens is 1. The number of hydrogen-bond acceptors (Lipinski definition) is 4. The van der Waals surface area contributed by atoms with Crippen LogP contribution in [0.1, 0.15) is 13.8 Å². The normalized spacial score (nSPS) is 10.6. The monoisotopic (exact) mass is 210 g/mol. The standard InChI is InChI=1S/C11H18N2O2/c1-9(2)8-14-6-7-15-11-5-3-4-10(12)13-11/h3-5,9H,6-8H2,1-2H3,(H2,12,13). The number of anilines is 1. The van der Waals surface area contributed by atoms with Gasteiger partial charge in [-0.25, -0.2) is 0 Å². The number of nitrogens with zero attached hydrogens (tertiary/aromatic N) is 1. The van der Waals surface area contributed by atoms with Gasteiger partial charge < -0.3 is 15.2 Å². The molecule has 0 aliphatic heterocycles. The van der Waals surface area contributed by atoms with Gasteiger partial charge in [-0.05, 0) is 12.0 Å². The maximum Gasteiger partial charge on any atom is 0.215 e. The molecule has 84 valence electrons. The van der Waals surface area contributed by atoms with Crippen molar-refractivity contribution in [2.24, 2.45) is 5.92 Å². The third-order valence-corrected chi connectivity index (χ3v) is 1.67. The van der Waals surface area contributed by atoms with Crippen molar-refractivity contribution in [3.05, 3.63) is 18.2 Å². The van der Waals surface area contributed by atoms with Crippen molar-refractivity contribution in [2.45, 2.75) is 13.8 Å². The van der Waals surface area contributed by atoms with E-state index in [2.05, 4.69) is 18.8 Å². The van der Waals surface area contributed by atoms with E-state index in [1.54, 1.807) is 12.1 Å². The van der Waals surface area contributed by atoms with E-state index in [0.717, 1.165) is 6.61 Å². The molecule has 0 unspecified atom stereocenters. The first-order valence-electron chi connectivity index (χ1n) is 5.11. The number of pyridine rings is 1. The largest absolute Gasteiger partial charge is 0.475 e. The molecule has 0 radical (unpaired) electrons. The maximum absolute atomic E-state index is 5.51. The molecule has 0 aliphatic rings. The summed E-state index contributed by atoms with van der Waals surface area (Å²) in [5.74, 6) is 1.56. The average Bonchev–Trinajstić information content (AvgIpc) is 2.17. The Hall–Kier alpha value is -1.29. The molecule has 1 heterocycles. The van der Waals surface area contributed by atoms with Crippen molar-refractivity contribution in [3.8, 4) is 5.88 Å². The summed E-state index contributed by atoms with van der Waals surface area (Å²) in [5, 5.41) is 0. The van der Waals surface area contributed by atoms with E-state index in [1.165, 1.54) is 0 Å². The molecule has 0 aromatic carbocycles. The fraction of sp³-hybridized carbons (Fsp3) is 0.545. The molecule has 0 bridgehead atoms. The number of nitrogens with two attached hydrogens (primary N) is 1. The molecule has 1 aromatic heterocycles. The highest BCUT2D eigenvalue weighted by molar-refractivity contribution is 5.30. The van der Waals surface area contributed by atoms with Crippen molar-refractivity contribution in [3.63, 3.8) is 0 Å². The Balaban J connectivity index is 2.15. The first kappa shape index (κ1) is 11.8. The van der Waals surface area contributed by atoms with Gasteiger partial charge in [0.1, 0.15) is 12.4 Å². The second-order valence-electron chi connectivity index (χ2n) is 3.72. The lowest BCUT2D eigenvalue weighted by atomic mass is 10.2. The Morgan fingerprint density at radius 2 is 2.13 bits per heavy atom. The first-order chi connectivity index (χ1) is 7.18. The van der Waals surface area contributed by atoms with Crippen LogP contribution in [0.5, 0.6) is 5.88 Å². The van der Waals surface area contributed by atoms with Crippen molar-refractivity contribution in [1.82, 2.24) is 4.98 Å². The summed E-state index contributed by atoms with van der Waals surface area (Å²) in [5.41, 5.74) is 5.51. The lowest BCUT2D eigenvalue weighted by Gasteiger charge is -2.08. The minimum Gasteiger partial charge on any atom is -0.475 e. The van der Waals surface area contributed by atoms with Gasteiger partial charge >= 0.3 is 0 Å². The molecule has 0 amide bonds. The molecule has 0 saturated carbocycles. The zero-order chi connectivity index (χ0) is 11.1. The van der Waals surface area contributed by atoms with Gasteiger partial charge in [-0.2, -0.15) is 4.98 Å². The summed E-state index contributed by atoms with van der Waals surface area (Å²) >= 11 is 0. The van der Waals surface area contributed by atoms with Crippen LogP contribution in [0.4, 0.5) is 5.82 Å². The number of nitrogen functional groups attached to an aromatic ring is 1. The predicted octanol–water partition coefficient (Wildman–Crippen LogP) is 1.72. The Morgan fingerprint density at radius 3 is 2.80 bits per heavy atom. The van der Waals surface area contributed by atoms with E-state index >= 15 is 0 Å². The molecular formula is C11H18N2O2. The Kier molecular flexibility index (Phi) is 4.90. The highest BCUT2D eigenvalue weighted by Crippen LogP contribution is 2.07. The van der Waals surface area contributed by atoms with Gasteiger partial charge in [0.25, 0.3) is 0 Å². The van der Waals surface area contributed by atoms with Crippen molar-refractivity contribution >= 4 is 5.82 Å². The molecule has 0 saturated heterocycles. The Labute approximate surface area is 90.4 Å². The molecular weight excluding hydrogens is 192 g/mol. The van der Waals surface area contributed by atoms with Crippen LogP contribution < -0.4 is 10.5 Å². The van der Waals surface area contributed by atoms with Gasteiger partial charge in [0.2, 0.25) is 5.88 Å². The maximum atomic E-state index is 5.51. The third-order valence-electron chi connectivity index (χ3n) is 1.67. The summed E-state index contributed by atoms with van der Waals surface area (Å²) in [6.45, 7) is 6.06. The quantitative estimate of drug-likeness (QED) is 0.726. The molecule has 1 rings (SSSR count). The van der Waals surface area contributed by atoms with Crippen molar-refractivity contribution in [1.29, 1.82) is 0 Å². The fourth-order valence-electron chi connectivity index (χ4n) is 1.04. The zero-order valence-electron chi connectivity index (χ0n) is 9.27. The van der Waals surface area contributed by atoms with E-state index in [9.17, 15) is 0 Å². The smallest absolute Gasteiger partial charge is 0.215 e. The second kappa shape index (κ2) is 6.24. The third kappa shape index (κ3) is 5.22. The summed E-state index contributed by atoms with van der Waals surface area (Å²) < 4.78 is 10.7. The SMILES string of the molecule is CC(C)COCCOc1cccc(N)n1. The predicted molar refractivity (Wildman–Crippen MR) is 59.8 cm³/mol. The van der Waals surface area contributed by atoms with Crippen LogP contribution >= 0.6 is 0 Å². The molecule has 2 N–H and O–H groups in total. The van der Waals surface area contributed by atoms with Crippen LogP contribution in [0.25, 0.3) is 0 Å². The number of ether oxygens (including phenoxy) is 2. The van der Waals surface area contributed by atoms with E-state index < -0.39 is 0 Å². The van der Waals surface area contributed by atoms with E-state index in [0.29, 0.717) is 30.8 Å². The molecule has 4 heteroatoms. The van der Waals surface area contributed by atoms with E-state index in [1.807, 2.05) is 6.07 Å². The van der Waals surface area contributed by atoms with Crippen LogP contribution in [0, 0.1) is 5.92 Å². The van der Waals surface area contributed by atoms with Crippen LogP contribution in [-0.2, 0) is 4.74 Å². The fourth-order valence-corrected chi connectivity index (χ4v) is 1.04.